The Bertz CT molecular complexity index is 644. The quantitative estimate of drug-likeness (QED) is 0.861. The molecular weight excluding hydrogens is 314 g/mol. The monoisotopic (exact) mass is 331 g/mol. The highest BCUT2D eigenvalue weighted by atomic mass is 35.7. The van der Waals surface area contributed by atoms with E-state index in [0.717, 1.165) is 19.3 Å². The van der Waals surface area contributed by atoms with Crippen LogP contribution in [0.2, 0.25) is 0 Å². The summed E-state index contributed by atoms with van der Waals surface area (Å²) in [5, 5.41) is 2.76. The Hall–Kier alpha value is -1.27. The molecule has 1 aromatic carbocycles. The van der Waals surface area contributed by atoms with Gasteiger partial charge in [0.1, 0.15) is 5.75 Å². The number of methoxy groups -OCH3 is 1. The molecule has 116 valence electrons. The zero-order chi connectivity index (χ0) is 15.6. The predicted molar refractivity (Wildman–Crippen MR) is 81.2 cm³/mol. The fourth-order valence-electron chi connectivity index (χ4n) is 2.70. The summed E-state index contributed by atoms with van der Waals surface area (Å²) in [6.07, 6.45) is 2.92. The smallest absolute Gasteiger partial charge is 0.261 e. The first-order chi connectivity index (χ1) is 9.82. The number of hydrogen-bond acceptors (Lipinski definition) is 4. The van der Waals surface area contributed by atoms with Gasteiger partial charge in [0.05, 0.1) is 17.7 Å². The van der Waals surface area contributed by atoms with Gasteiger partial charge in [-0.2, -0.15) is 0 Å². The Kier molecular flexibility index (Phi) is 4.78. The number of nitrogens with one attached hydrogen (secondary N) is 1. The lowest BCUT2D eigenvalue weighted by Crippen LogP contribution is -2.24. The molecule has 0 saturated heterocycles. The van der Waals surface area contributed by atoms with Crippen molar-refractivity contribution in [3.63, 3.8) is 0 Å². The van der Waals surface area contributed by atoms with Crippen molar-refractivity contribution in [2.75, 3.05) is 12.4 Å². The van der Waals surface area contributed by atoms with Crippen molar-refractivity contribution in [3.05, 3.63) is 18.2 Å². The fourth-order valence-corrected chi connectivity index (χ4v) is 3.47. The average molecular weight is 332 g/mol. The van der Waals surface area contributed by atoms with Gasteiger partial charge >= 0.3 is 0 Å². The van der Waals surface area contributed by atoms with E-state index in [4.69, 9.17) is 15.4 Å². The molecule has 0 aromatic heterocycles. The van der Waals surface area contributed by atoms with E-state index in [-0.39, 0.29) is 16.7 Å². The molecule has 1 aliphatic rings. The molecule has 1 aliphatic carbocycles. The summed E-state index contributed by atoms with van der Waals surface area (Å²) in [6.45, 7) is 2.05. The molecule has 2 unspecified atom stereocenters. The zero-order valence-corrected chi connectivity index (χ0v) is 13.5. The van der Waals surface area contributed by atoms with Gasteiger partial charge in [0.15, 0.2) is 0 Å². The van der Waals surface area contributed by atoms with E-state index in [1.165, 1.54) is 25.3 Å². The summed E-state index contributed by atoms with van der Waals surface area (Å²) < 4.78 is 27.9. The molecule has 7 heteroatoms. The minimum absolute atomic E-state index is 0.0500. The maximum Gasteiger partial charge on any atom is 0.261 e. The van der Waals surface area contributed by atoms with Crippen LogP contribution in [0.4, 0.5) is 5.69 Å². The van der Waals surface area contributed by atoms with Crippen LogP contribution in [0.25, 0.3) is 0 Å². The van der Waals surface area contributed by atoms with Gasteiger partial charge in [0.25, 0.3) is 9.05 Å². The molecule has 0 radical (unpaired) electrons. The molecule has 0 aliphatic heterocycles. The van der Waals surface area contributed by atoms with Crippen molar-refractivity contribution in [2.24, 2.45) is 11.8 Å². The van der Waals surface area contributed by atoms with Crippen LogP contribution in [-0.4, -0.2) is 21.4 Å². The molecule has 21 heavy (non-hydrogen) atoms. The number of rotatable bonds is 4. The molecule has 1 fully saturated rings. The van der Waals surface area contributed by atoms with Crippen molar-refractivity contribution in [2.45, 2.75) is 31.1 Å². The molecule has 5 nitrogen and oxygen atoms in total. The van der Waals surface area contributed by atoms with Crippen molar-refractivity contribution in [3.8, 4) is 5.75 Å². The van der Waals surface area contributed by atoms with Crippen LogP contribution < -0.4 is 10.1 Å². The summed E-state index contributed by atoms with van der Waals surface area (Å²) in [7, 11) is 2.94. The van der Waals surface area contributed by atoms with Gasteiger partial charge in [0.2, 0.25) is 5.91 Å². The summed E-state index contributed by atoms with van der Waals surface area (Å²) >= 11 is 0. The normalized spacial score (nSPS) is 22.0. The Morgan fingerprint density at radius 2 is 2.10 bits per heavy atom. The van der Waals surface area contributed by atoms with E-state index in [1.54, 1.807) is 0 Å². The first kappa shape index (κ1) is 16.1. The van der Waals surface area contributed by atoms with Gasteiger partial charge in [-0.15, -0.1) is 0 Å². The van der Waals surface area contributed by atoms with Gasteiger partial charge in [-0.3, -0.25) is 4.79 Å². The predicted octanol–water partition coefficient (Wildman–Crippen LogP) is 3.00. The van der Waals surface area contributed by atoms with Crippen LogP contribution in [0.1, 0.15) is 26.2 Å². The molecule has 2 rings (SSSR count). The SMILES string of the molecule is COc1ccc(S(=O)(=O)Cl)cc1NC(=O)C1CCCC1C. The Morgan fingerprint density at radius 1 is 1.38 bits per heavy atom. The van der Waals surface area contributed by atoms with Crippen molar-refractivity contribution in [1.29, 1.82) is 0 Å². The van der Waals surface area contributed by atoms with Crippen LogP contribution in [-0.2, 0) is 13.8 Å². The van der Waals surface area contributed by atoms with Gasteiger partial charge < -0.3 is 10.1 Å². The van der Waals surface area contributed by atoms with Gasteiger partial charge in [-0.05, 0) is 37.0 Å². The van der Waals surface area contributed by atoms with Crippen LogP contribution in [0.15, 0.2) is 23.1 Å². The zero-order valence-electron chi connectivity index (χ0n) is 11.9. The lowest BCUT2D eigenvalue weighted by atomic mass is 9.97. The maximum absolute atomic E-state index is 12.3. The van der Waals surface area contributed by atoms with Gasteiger partial charge in [-0.1, -0.05) is 13.3 Å². The third-order valence-electron chi connectivity index (χ3n) is 3.91. The lowest BCUT2D eigenvalue weighted by molar-refractivity contribution is -0.120. The number of benzene rings is 1. The largest absolute Gasteiger partial charge is 0.495 e. The summed E-state index contributed by atoms with van der Waals surface area (Å²) in [5.41, 5.74) is 0.323. The van der Waals surface area contributed by atoms with Crippen LogP contribution >= 0.6 is 10.7 Å². The van der Waals surface area contributed by atoms with Crippen LogP contribution in [0.5, 0.6) is 5.75 Å². The van der Waals surface area contributed by atoms with E-state index in [2.05, 4.69) is 5.32 Å². The summed E-state index contributed by atoms with van der Waals surface area (Å²) in [5.74, 6) is 0.572. The van der Waals surface area contributed by atoms with E-state index in [1.807, 2.05) is 6.92 Å². The van der Waals surface area contributed by atoms with E-state index in [0.29, 0.717) is 17.4 Å². The van der Waals surface area contributed by atoms with Crippen molar-refractivity contribution in [1.82, 2.24) is 0 Å². The van der Waals surface area contributed by atoms with E-state index in [9.17, 15) is 13.2 Å². The van der Waals surface area contributed by atoms with Gasteiger partial charge in [0, 0.05) is 16.6 Å². The second-order valence-electron chi connectivity index (χ2n) is 5.30. The standard InChI is InChI=1S/C14H18ClNO4S/c1-9-4-3-5-11(9)14(17)16-12-8-10(21(15,18)19)6-7-13(12)20-2/h6-9,11H,3-5H2,1-2H3,(H,16,17). The second-order valence-corrected chi connectivity index (χ2v) is 7.87. The molecule has 1 saturated carbocycles. The molecule has 1 amide bonds. The highest BCUT2D eigenvalue weighted by molar-refractivity contribution is 8.13. The molecule has 0 heterocycles. The number of anilines is 1. The van der Waals surface area contributed by atoms with E-state index < -0.39 is 9.05 Å². The molecule has 1 aromatic rings. The number of amides is 1. The van der Waals surface area contributed by atoms with Crippen molar-refractivity contribution < 1.29 is 17.9 Å². The average Bonchev–Trinajstić information content (AvgIpc) is 2.84. The summed E-state index contributed by atoms with van der Waals surface area (Å²) in [4.78, 5) is 12.2. The van der Waals surface area contributed by atoms with Crippen LogP contribution in [0, 0.1) is 11.8 Å². The Balaban J connectivity index is 2.27. The molecule has 1 N–H and O–H groups in total. The van der Waals surface area contributed by atoms with E-state index >= 15 is 0 Å². The van der Waals surface area contributed by atoms with Gasteiger partial charge in [-0.25, -0.2) is 8.42 Å². The third-order valence-corrected chi connectivity index (χ3v) is 5.26. The maximum atomic E-state index is 12.3. The third kappa shape index (κ3) is 3.68. The second kappa shape index (κ2) is 6.23. The molecule has 0 spiro atoms. The first-order valence-electron chi connectivity index (χ1n) is 6.76. The minimum atomic E-state index is -3.85. The Morgan fingerprint density at radius 3 is 2.62 bits per heavy atom. The minimum Gasteiger partial charge on any atom is -0.495 e. The number of hydrogen-bond donors (Lipinski definition) is 1. The highest BCUT2D eigenvalue weighted by Gasteiger charge is 2.30. The number of carbonyl (C=O) groups excluding carboxylic acids is 1. The summed E-state index contributed by atoms with van der Waals surface area (Å²) in [6, 6.07) is 4.14. The number of ether oxygens (including phenoxy) is 1. The highest BCUT2D eigenvalue weighted by Crippen LogP contribution is 2.34. The van der Waals surface area contributed by atoms with Crippen molar-refractivity contribution >= 4 is 31.3 Å². The Labute approximate surface area is 129 Å². The molecule has 2 atom stereocenters. The van der Waals surface area contributed by atoms with Crippen LogP contribution in [0.3, 0.4) is 0 Å². The molecule has 0 bridgehead atoms. The fraction of sp³-hybridized carbons (Fsp3) is 0.500. The topological polar surface area (TPSA) is 72.5 Å². The molecular formula is C14H18ClNO4S. The number of halogens is 1. The number of carbonyl (C=O) groups is 1. The first-order valence-corrected chi connectivity index (χ1v) is 9.07. The lowest BCUT2D eigenvalue weighted by Gasteiger charge is -2.17.